The Morgan fingerprint density at radius 2 is 2.12 bits per heavy atom. The Kier molecular flexibility index (Phi) is 4.87. The summed E-state index contributed by atoms with van der Waals surface area (Å²) in [4.78, 5) is 1.87. The van der Waals surface area contributed by atoms with Crippen LogP contribution in [0.3, 0.4) is 0 Å². The van der Waals surface area contributed by atoms with Crippen LogP contribution < -0.4 is 0 Å². The lowest BCUT2D eigenvalue weighted by Gasteiger charge is -2.16. The number of nitrogens with zero attached hydrogens (tertiary/aromatic N) is 2. The maximum absolute atomic E-state index is 13.3. The van der Waals surface area contributed by atoms with Crippen molar-refractivity contribution >= 4 is 0 Å². The van der Waals surface area contributed by atoms with Gasteiger partial charge in [-0.2, -0.15) is 5.26 Å². The molecule has 0 heterocycles. The van der Waals surface area contributed by atoms with E-state index in [1.165, 1.54) is 6.07 Å². The Morgan fingerprint density at radius 3 is 2.81 bits per heavy atom. The molecular weight excluding hydrogens is 210 g/mol. The highest BCUT2D eigenvalue weighted by atomic mass is 19.1. The zero-order valence-electron chi connectivity index (χ0n) is 9.21. The van der Waals surface area contributed by atoms with E-state index in [0.29, 0.717) is 25.1 Å². The quantitative estimate of drug-likeness (QED) is 0.719. The summed E-state index contributed by atoms with van der Waals surface area (Å²) in [6.07, 6.45) is 1.22. The third-order valence-corrected chi connectivity index (χ3v) is 2.28. The molecule has 1 aromatic carbocycles. The van der Waals surface area contributed by atoms with Crippen LogP contribution in [0.1, 0.15) is 18.4 Å². The fourth-order valence-electron chi connectivity index (χ4n) is 1.46. The molecule has 0 saturated heterocycles. The summed E-state index contributed by atoms with van der Waals surface area (Å²) >= 11 is 0. The molecule has 0 amide bonds. The predicted molar refractivity (Wildman–Crippen MR) is 57.5 cm³/mol. The first-order chi connectivity index (χ1) is 7.63. The molecule has 2 nitrogen and oxygen atoms in total. The minimum Gasteiger partial charge on any atom is -0.302 e. The number of nitriles is 1. The van der Waals surface area contributed by atoms with Crippen LogP contribution in [-0.2, 0) is 6.54 Å². The molecular formula is C12H14F2N2. The van der Waals surface area contributed by atoms with Crippen LogP contribution in [0.25, 0.3) is 0 Å². The molecule has 0 aliphatic heterocycles. The van der Waals surface area contributed by atoms with E-state index in [0.717, 1.165) is 18.6 Å². The van der Waals surface area contributed by atoms with E-state index in [9.17, 15) is 8.78 Å². The largest absolute Gasteiger partial charge is 0.302 e. The lowest BCUT2D eigenvalue weighted by atomic mass is 10.2. The summed E-state index contributed by atoms with van der Waals surface area (Å²) in [6, 6.07) is 5.49. The summed E-state index contributed by atoms with van der Waals surface area (Å²) in [5.74, 6) is -0.824. The molecule has 0 spiro atoms. The van der Waals surface area contributed by atoms with Gasteiger partial charge in [0.25, 0.3) is 0 Å². The van der Waals surface area contributed by atoms with E-state index in [1.54, 1.807) is 0 Å². The molecule has 0 saturated carbocycles. The SMILES string of the molecule is CN(CCCC#N)Cc1cc(F)ccc1F. The second-order valence-corrected chi connectivity index (χ2v) is 3.74. The third kappa shape index (κ3) is 3.95. The van der Waals surface area contributed by atoms with E-state index in [2.05, 4.69) is 0 Å². The van der Waals surface area contributed by atoms with Gasteiger partial charge in [0.1, 0.15) is 11.6 Å². The zero-order valence-corrected chi connectivity index (χ0v) is 9.21. The molecule has 1 rings (SSSR count). The summed E-state index contributed by atoms with van der Waals surface area (Å²) in [5.41, 5.74) is 0.347. The molecule has 86 valence electrons. The van der Waals surface area contributed by atoms with Crippen LogP contribution in [0.5, 0.6) is 0 Å². The van der Waals surface area contributed by atoms with Crippen molar-refractivity contribution in [1.82, 2.24) is 4.90 Å². The molecule has 16 heavy (non-hydrogen) atoms. The average Bonchev–Trinajstić information content (AvgIpc) is 2.24. The van der Waals surface area contributed by atoms with Gasteiger partial charge in [0.15, 0.2) is 0 Å². The van der Waals surface area contributed by atoms with Crippen LogP contribution in [0.2, 0.25) is 0 Å². The van der Waals surface area contributed by atoms with Gasteiger partial charge in [-0.05, 0) is 38.2 Å². The van der Waals surface area contributed by atoms with Gasteiger partial charge in [-0.3, -0.25) is 0 Å². The van der Waals surface area contributed by atoms with Crippen LogP contribution in [0.4, 0.5) is 8.78 Å². The monoisotopic (exact) mass is 224 g/mol. The number of hydrogen-bond acceptors (Lipinski definition) is 2. The summed E-state index contributed by atoms with van der Waals surface area (Å²) in [6.45, 7) is 1.05. The number of hydrogen-bond donors (Lipinski definition) is 0. The van der Waals surface area contributed by atoms with Crippen molar-refractivity contribution in [2.24, 2.45) is 0 Å². The van der Waals surface area contributed by atoms with Crippen molar-refractivity contribution in [3.05, 3.63) is 35.4 Å². The standard InChI is InChI=1S/C12H14F2N2/c1-16(7-3-2-6-15)9-10-8-11(13)4-5-12(10)14/h4-5,8H,2-3,7,9H2,1H3. The van der Waals surface area contributed by atoms with Gasteiger partial charge in [0.05, 0.1) is 6.07 Å². The average molecular weight is 224 g/mol. The van der Waals surface area contributed by atoms with Crippen LogP contribution in [0, 0.1) is 23.0 Å². The first-order valence-electron chi connectivity index (χ1n) is 5.13. The third-order valence-electron chi connectivity index (χ3n) is 2.28. The van der Waals surface area contributed by atoms with Crippen molar-refractivity contribution in [3.8, 4) is 6.07 Å². The number of halogens is 2. The predicted octanol–water partition coefficient (Wildman–Crippen LogP) is 2.70. The zero-order chi connectivity index (χ0) is 12.0. The molecule has 0 N–H and O–H groups in total. The fraction of sp³-hybridized carbons (Fsp3) is 0.417. The van der Waals surface area contributed by atoms with Gasteiger partial charge in [-0.15, -0.1) is 0 Å². The Labute approximate surface area is 94.1 Å². The highest BCUT2D eigenvalue weighted by Gasteiger charge is 2.06. The topological polar surface area (TPSA) is 27.0 Å². The van der Waals surface area contributed by atoms with Crippen molar-refractivity contribution in [2.45, 2.75) is 19.4 Å². The fourth-order valence-corrected chi connectivity index (χ4v) is 1.46. The maximum Gasteiger partial charge on any atom is 0.127 e. The van der Waals surface area contributed by atoms with Crippen molar-refractivity contribution in [1.29, 1.82) is 5.26 Å². The summed E-state index contributed by atoms with van der Waals surface area (Å²) in [7, 11) is 1.82. The summed E-state index contributed by atoms with van der Waals surface area (Å²) in [5, 5.41) is 8.37. The molecule has 0 fully saturated rings. The number of unbranched alkanes of at least 4 members (excludes halogenated alkanes) is 1. The van der Waals surface area contributed by atoms with E-state index in [1.807, 2.05) is 18.0 Å². The Bertz CT molecular complexity index is 385. The van der Waals surface area contributed by atoms with Gasteiger partial charge in [0, 0.05) is 18.5 Å². The molecule has 4 heteroatoms. The van der Waals surface area contributed by atoms with Gasteiger partial charge in [-0.1, -0.05) is 0 Å². The molecule has 1 aromatic rings. The molecule has 0 bridgehead atoms. The second-order valence-electron chi connectivity index (χ2n) is 3.74. The van der Waals surface area contributed by atoms with Crippen LogP contribution >= 0.6 is 0 Å². The first kappa shape index (κ1) is 12.6. The summed E-state index contributed by atoms with van der Waals surface area (Å²) < 4.78 is 26.1. The van der Waals surface area contributed by atoms with E-state index in [4.69, 9.17) is 5.26 Å². The van der Waals surface area contributed by atoms with E-state index >= 15 is 0 Å². The van der Waals surface area contributed by atoms with Crippen LogP contribution in [0.15, 0.2) is 18.2 Å². The Morgan fingerprint density at radius 1 is 1.38 bits per heavy atom. The highest BCUT2D eigenvalue weighted by Crippen LogP contribution is 2.11. The lowest BCUT2D eigenvalue weighted by Crippen LogP contribution is -2.19. The molecule has 0 unspecified atom stereocenters. The lowest BCUT2D eigenvalue weighted by molar-refractivity contribution is 0.317. The normalized spacial score (nSPS) is 10.4. The Balaban J connectivity index is 2.52. The van der Waals surface area contributed by atoms with E-state index < -0.39 is 11.6 Å². The molecule has 0 aliphatic rings. The van der Waals surface area contributed by atoms with Crippen molar-refractivity contribution in [2.75, 3.05) is 13.6 Å². The molecule has 0 atom stereocenters. The number of rotatable bonds is 5. The van der Waals surface area contributed by atoms with Gasteiger partial charge >= 0.3 is 0 Å². The molecule has 0 radical (unpaired) electrons. The minimum atomic E-state index is -0.429. The Hall–Kier alpha value is -1.47. The maximum atomic E-state index is 13.3. The first-order valence-corrected chi connectivity index (χ1v) is 5.13. The molecule has 0 aromatic heterocycles. The van der Waals surface area contributed by atoms with Crippen molar-refractivity contribution in [3.63, 3.8) is 0 Å². The number of benzene rings is 1. The smallest absolute Gasteiger partial charge is 0.127 e. The minimum absolute atomic E-state index is 0.347. The second kappa shape index (κ2) is 6.19. The highest BCUT2D eigenvalue weighted by molar-refractivity contribution is 5.18. The van der Waals surface area contributed by atoms with Gasteiger partial charge < -0.3 is 4.90 Å². The van der Waals surface area contributed by atoms with Gasteiger partial charge in [0.2, 0.25) is 0 Å². The van der Waals surface area contributed by atoms with Gasteiger partial charge in [-0.25, -0.2) is 8.78 Å². The molecule has 0 aliphatic carbocycles. The van der Waals surface area contributed by atoms with E-state index in [-0.39, 0.29) is 0 Å². The van der Waals surface area contributed by atoms with Crippen LogP contribution in [-0.4, -0.2) is 18.5 Å². The van der Waals surface area contributed by atoms with Crippen molar-refractivity contribution < 1.29 is 8.78 Å².